The fourth-order valence-electron chi connectivity index (χ4n) is 4.67. The number of amides is 1. The molecule has 180 valence electrons. The summed E-state index contributed by atoms with van der Waals surface area (Å²) in [6, 6.07) is 15.2. The van der Waals surface area contributed by atoms with Crippen molar-refractivity contribution in [2.45, 2.75) is 19.8 Å². The van der Waals surface area contributed by atoms with Gasteiger partial charge in [-0.1, -0.05) is 30.3 Å². The molecule has 35 heavy (non-hydrogen) atoms. The van der Waals surface area contributed by atoms with Gasteiger partial charge in [-0.3, -0.25) is 9.59 Å². The maximum Gasteiger partial charge on any atom is 0.310 e. The van der Waals surface area contributed by atoms with Crippen molar-refractivity contribution in [3.05, 3.63) is 77.1 Å². The molecule has 0 spiro atoms. The summed E-state index contributed by atoms with van der Waals surface area (Å²) in [7, 11) is 0. The second-order valence-electron chi connectivity index (χ2n) is 9.29. The van der Waals surface area contributed by atoms with E-state index in [1.54, 1.807) is 67.3 Å². The van der Waals surface area contributed by atoms with Gasteiger partial charge in [-0.15, -0.1) is 0 Å². The molecule has 1 atom stereocenters. The number of hydrogen-bond donors (Lipinski definition) is 1. The summed E-state index contributed by atoms with van der Waals surface area (Å²) in [6.45, 7) is 5.43. The first-order valence-corrected chi connectivity index (χ1v) is 11.5. The Kier molecular flexibility index (Phi) is 5.76. The molecule has 1 amide bonds. The van der Waals surface area contributed by atoms with E-state index < -0.39 is 23.1 Å². The molecule has 8 heteroatoms. The molecule has 1 fully saturated rings. The fraction of sp³-hybridized carbons (Fsp3) is 0.296. The first-order chi connectivity index (χ1) is 16.8. The molecule has 5 rings (SSSR count). The summed E-state index contributed by atoms with van der Waals surface area (Å²) < 4.78 is 25.9. The number of para-hydroxylation sites is 1. The van der Waals surface area contributed by atoms with Gasteiger partial charge in [-0.05, 0) is 38.1 Å². The second kappa shape index (κ2) is 8.78. The number of pyridine rings is 1. The summed E-state index contributed by atoms with van der Waals surface area (Å²) in [4.78, 5) is 31.2. The van der Waals surface area contributed by atoms with Crippen LogP contribution in [0.15, 0.2) is 54.6 Å². The fourth-order valence-corrected chi connectivity index (χ4v) is 4.67. The Morgan fingerprint density at radius 3 is 2.43 bits per heavy atom. The second-order valence-corrected chi connectivity index (χ2v) is 9.29. The zero-order valence-corrected chi connectivity index (χ0v) is 19.5. The van der Waals surface area contributed by atoms with Crippen LogP contribution in [-0.4, -0.2) is 53.2 Å². The highest BCUT2D eigenvalue weighted by Crippen LogP contribution is 2.52. The summed E-state index contributed by atoms with van der Waals surface area (Å²) in [5, 5.41) is 9.92. The Morgan fingerprint density at radius 2 is 1.74 bits per heavy atom. The lowest BCUT2D eigenvalue weighted by Crippen LogP contribution is -2.40. The molecule has 2 aliphatic heterocycles. The Balaban J connectivity index is 1.50. The monoisotopic (exact) mass is 476 g/mol. The molecule has 1 unspecified atom stereocenters. The summed E-state index contributed by atoms with van der Waals surface area (Å²) in [5.41, 5.74) is 1.73. The van der Waals surface area contributed by atoms with Crippen LogP contribution in [0.5, 0.6) is 11.6 Å². The molecule has 0 bridgehead atoms. The van der Waals surface area contributed by atoms with Crippen molar-refractivity contribution in [1.82, 2.24) is 9.88 Å². The van der Waals surface area contributed by atoms with Gasteiger partial charge in [-0.25, -0.2) is 9.37 Å². The predicted molar refractivity (Wildman–Crippen MR) is 126 cm³/mol. The van der Waals surface area contributed by atoms with Crippen molar-refractivity contribution in [2.75, 3.05) is 26.3 Å². The van der Waals surface area contributed by atoms with Crippen LogP contribution in [-0.2, 0) is 9.53 Å². The molecule has 7 nitrogen and oxygen atoms in total. The third kappa shape index (κ3) is 4.04. The average Bonchev–Trinajstić information content (AvgIpc) is 2.87. The van der Waals surface area contributed by atoms with Crippen LogP contribution in [0, 0.1) is 11.2 Å². The van der Waals surface area contributed by atoms with Crippen LogP contribution < -0.4 is 4.74 Å². The molecule has 1 N–H and O–H groups in total. The lowest BCUT2D eigenvalue weighted by molar-refractivity contribution is -0.147. The van der Waals surface area contributed by atoms with Gasteiger partial charge in [0.25, 0.3) is 5.91 Å². The number of carbonyl (C=O) groups excluding carboxylic acids is 1. The minimum absolute atomic E-state index is 0.00423. The number of aromatic nitrogens is 1. The van der Waals surface area contributed by atoms with Crippen LogP contribution in [0.4, 0.5) is 4.39 Å². The van der Waals surface area contributed by atoms with Gasteiger partial charge in [0.15, 0.2) is 11.6 Å². The normalized spacial score (nSPS) is 17.2. The number of nitrogens with zero attached hydrogens (tertiary/aromatic N) is 2. The number of carbonyl (C=O) groups is 2. The third-order valence-corrected chi connectivity index (χ3v) is 6.71. The minimum atomic E-state index is -1.23. The molecule has 1 aromatic heterocycles. The molecule has 0 aliphatic carbocycles. The van der Waals surface area contributed by atoms with Crippen molar-refractivity contribution >= 4 is 11.9 Å². The number of rotatable bonds is 4. The largest absolute Gasteiger partial charge is 0.481 e. The van der Waals surface area contributed by atoms with E-state index in [9.17, 15) is 19.1 Å². The minimum Gasteiger partial charge on any atom is -0.481 e. The van der Waals surface area contributed by atoms with E-state index in [0.29, 0.717) is 48.7 Å². The highest BCUT2D eigenvalue weighted by molar-refractivity contribution is 5.94. The predicted octanol–water partition coefficient (Wildman–Crippen LogP) is 4.71. The highest BCUT2D eigenvalue weighted by atomic mass is 19.1. The van der Waals surface area contributed by atoms with Gasteiger partial charge in [0.05, 0.1) is 24.3 Å². The van der Waals surface area contributed by atoms with Gasteiger partial charge in [0.2, 0.25) is 5.88 Å². The lowest BCUT2D eigenvalue weighted by Gasteiger charge is -2.36. The van der Waals surface area contributed by atoms with Crippen LogP contribution in [0.3, 0.4) is 0 Å². The Bertz CT molecular complexity index is 1300. The number of aliphatic carboxylic acids is 1. The highest BCUT2D eigenvalue weighted by Gasteiger charge is 2.44. The SMILES string of the molecule is CC(C)(C(=O)O)C1c2ccc(-c3ccc(C(=O)N4CCOCC4)cc3)nc2Oc2c(F)cccc21. The van der Waals surface area contributed by atoms with Crippen molar-refractivity contribution < 1.29 is 28.6 Å². The smallest absolute Gasteiger partial charge is 0.310 e. The quantitative estimate of drug-likeness (QED) is 0.587. The Hall–Kier alpha value is -3.78. The molecule has 1 saturated heterocycles. The summed E-state index contributed by atoms with van der Waals surface area (Å²) in [6.07, 6.45) is 0. The molecule has 3 aromatic rings. The molecule has 2 aromatic carbocycles. The van der Waals surface area contributed by atoms with E-state index in [0.717, 1.165) is 5.56 Å². The van der Waals surface area contributed by atoms with Gasteiger partial charge < -0.3 is 19.5 Å². The molecule has 0 radical (unpaired) electrons. The van der Waals surface area contributed by atoms with E-state index in [-0.39, 0.29) is 17.5 Å². The van der Waals surface area contributed by atoms with Gasteiger partial charge >= 0.3 is 5.97 Å². The Labute approximate surface area is 202 Å². The Morgan fingerprint density at radius 1 is 1.03 bits per heavy atom. The first-order valence-electron chi connectivity index (χ1n) is 11.5. The topological polar surface area (TPSA) is 89.0 Å². The van der Waals surface area contributed by atoms with Crippen molar-refractivity contribution in [3.8, 4) is 22.9 Å². The van der Waals surface area contributed by atoms with Crippen LogP contribution >= 0.6 is 0 Å². The van der Waals surface area contributed by atoms with E-state index in [4.69, 9.17) is 9.47 Å². The van der Waals surface area contributed by atoms with Crippen molar-refractivity contribution in [2.24, 2.45) is 5.41 Å². The number of morpholine rings is 1. The van der Waals surface area contributed by atoms with Gasteiger partial charge in [0, 0.05) is 41.3 Å². The zero-order chi connectivity index (χ0) is 24.7. The number of carboxylic acids is 1. The number of benzene rings is 2. The van der Waals surface area contributed by atoms with Gasteiger partial charge in [0.1, 0.15) is 0 Å². The number of ether oxygens (including phenoxy) is 2. The zero-order valence-electron chi connectivity index (χ0n) is 19.5. The van der Waals surface area contributed by atoms with Crippen LogP contribution in [0.1, 0.15) is 41.3 Å². The number of halogens is 1. The first kappa shape index (κ1) is 23.0. The van der Waals surface area contributed by atoms with Crippen molar-refractivity contribution in [1.29, 1.82) is 0 Å². The third-order valence-electron chi connectivity index (χ3n) is 6.71. The van der Waals surface area contributed by atoms with E-state index in [2.05, 4.69) is 4.98 Å². The molecule has 2 aliphatic rings. The standard InChI is InChI=1S/C27H25FN2O5/c1-27(2,26(32)33)22-18-4-3-5-20(28)23(18)35-24-19(22)10-11-21(29-24)16-6-8-17(9-7-16)25(31)30-12-14-34-15-13-30/h3-11,22H,12-15H2,1-2H3,(H,32,33). The molecular formula is C27H25FN2O5. The lowest BCUT2D eigenvalue weighted by atomic mass is 9.70. The van der Waals surface area contributed by atoms with Crippen LogP contribution in [0.25, 0.3) is 11.3 Å². The molecule has 0 saturated carbocycles. The van der Waals surface area contributed by atoms with Gasteiger partial charge in [-0.2, -0.15) is 0 Å². The van der Waals surface area contributed by atoms with E-state index in [1.807, 2.05) is 0 Å². The van der Waals surface area contributed by atoms with E-state index >= 15 is 0 Å². The number of hydrogen-bond acceptors (Lipinski definition) is 5. The van der Waals surface area contributed by atoms with E-state index in [1.165, 1.54) is 6.07 Å². The summed E-state index contributed by atoms with van der Waals surface area (Å²) >= 11 is 0. The van der Waals surface area contributed by atoms with Crippen LogP contribution in [0.2, 0.25) is 0 Å². The number of fused-ring (bicyclic) bond motifs is 2. The summed E-state index contributed by atoms with van der Waals surface area (Å²) in [5.74, 6) is -2.10. The maximum absolute atomic E-state index is 14.7. The molecule has 3 heterocycles. The molecular weight excluding hydrogens is 451 g/mol. The maximum atomic E-state index is 14.7. The van der Waals surface area contributed by atoms with Crippen molar-refractivity contribution in [3.63, 3.8) is 0 Å². The number of carboxylic acid groups (broad SMARTS) is 1. The average molecular weight is 477 g/mol.